The zero-order valence-electron chi connectivity index (χ0n) is 10.4. The van der Waals surface area contributed by atoms with Gasteiger partial charge >= 0.3 is 6.18 Å². The minimum Gasteiger partial charge on any atom is -0.372 e. The van der Waals surface area contributed by atoms with Crippen molar-refractivity contribution >= 4 is 0 Å². The van der Waals surface area contributed by atoms with E-state index in [2.05, 4.69) is 20.3 Å². The first-order valence-corrected chi connectivity index (χ1v) is 5.62. The fourth-order valence-corrected chi connectivity index (χ4v) is 1.46. The molecule has 1 rings (SSSR count). The molecule has 1 aromatic heterocycles. The fraction of sp³-hybridized carbons (Fsp3) is 0.800. The van der Waals surface area contributed by atoms with Gasteiger partial charge in [0.2, 0.25) is 0 Å². The van der Waals surface area contributed by atoms with Crippen LogP contribution in [0.3, 0.4) is 0 Å². The normalized spacial score (nSPS) is 13.8. The van der Waals surface area contributed by atoms with E-state index in [0.29, 0.717) is 13.0 Å². The Labute approximate surface area is 103 Å². The van der Waals surface area contributed by atoms with Crippen LogP contribution in [0.25, 0.3) is 0 Å². The van der Waals surface area contributed by atoms with Gasteiger partial charge in [-0.05, 0) is 19.9 Å². The van der Waals surface area contributed by atoms with Crippen LogP contribution in [-0.2, 0) is 11.8 Å². The van der Waals surface area contributed by atoms with Crippen LogP contribution >= 0.6 is 0 Å². The average Bonchev–Trinajstić information content (AvgIpc) is 2.68. The summed E-state index contributed by atoms with van der Waals surface area (Å²) in [6, 6.07) is 0.000108. The number of aryl methyl sites for hydroxylation is 1. The summed E-state index contributed by atoms with van der Waals surface area (Å²) >= 11 is 0. The van der Waals surface area contributed by atoms with Crippen LogP contribution in [0.5, 0.6) is 0 Å². The number of hydrogen-bond acceptors (Lipinski definition) is 4. The summed E-state index contributed by atoms with van der Waals surface area (Å²) in [4.78, 5) is 0. The Morgan fingerprint density at radius 1 is 1.50 bits per heavy atom. The zero-order chi connectivity index (χ0) is 13.6. The highest BCUT2D eigenvalue weighted by Crippen LogP contribution is 2.14. The van der Waals surface area contributed by atoms with Crippen molar-refractivity contribution in [1.82, 2.24) is 20.1 Å². The molecular formula is C10H17F3N4O. The van der Waals surface area contributed by atoms with E-state index >= 15 is 0 Å². The van der Waals surface area contributed by atoms with Gasteiger partial charge in [-0.15, -0.1) is 10.2 Å². The van der Waals surface area contributed by atoms with Gasteiger partial charge in [0.25, 0.3) is 0 Å². The summed E-state index contributed by atoms with van der Waals surface area (Å²) in [5.41, 5.74) is 0. The molecule has 0 saturated carbocycles. The minimum absolute atomic E-state index is 0.000108. The molecule has 0 saturated heterocycles. The highest BCUT2D eigenvalue weighted by Gasteiger charge is 2.27. The van der Waals surface area contributed by atoms with Crippen molar-refractivity contribution in [1.29, 1.82) is 0 Å². The maximum absolute atomic E-state index is 11.8. The van der Waals surface area contributed by atoms with E-state index in [1.165, 1.54) is 0 Å². The molecule has 8 heteroatoms. The van der Waals surface area contributed by atoms with Crippen molar-refractivity contribution in [3.8, 4) is 0 Å². The van der Waals surface area contributed by atoms with E-state index in [1.54, 1.807) is 10.9 Å². The van der Waals surface area contributed by atoms with Gasteiger partial charge in [-0.1, -0.05) is 0 Å². The lowest BCUT2D eigenvalue weighted by molar-refractivity contribution is -0.173. The summed E-state index contributed by atoms with van der Waals surface area (Å²) in [5, 5.41) is 10.8. The molecule has 0 aromatic carbocycles. The monoisotopic (exact) mass is 266 g/mol. The van der Waals surface area contributed by atoms with Gasteiger partial charge in [0.05, 0.1) is 6.04 Å². The molecule has 0 aliphatic heterocycles. The molecule has 0 amide bonds. The number of halogens is 3. The first kappa shape index (κ1) is 14.9. The lowest BCUT2D eigenvalue weighted by atomic mass is 10.3. The highest BCUT2D eigenvalue weighted by atomic mass is 19.4. The molecule has 1 heterocycles. The molecule has 0 aliphatic rings. The molecule has 0 fully saturated rings. The number of ether oxygens (including phenoxy) is 1. The van der Waals surface area contributed by atoms with Crippen molar-refractivity contribution in [2.45, 2.75) is 25.6 Å². The Morgan fingerprint density at radius 2 is 2.22 bits per heavy atom. The van der Waals surface area contributed by atoms with Crippen LogP contribution in [0.4, 0.5) is 13.2 Å². The summed E-state index contributed by atoms with van der Waals surface area (Å²) < 4.78 is 41.6. The highest BCUT2D eigenvalue weighted by molar-refractivity contribution is 4.91. The maximum atomic E-state index is 11.8. The van der Waals surface area contributed by atoms with E-state index < -0.39 is 12.8 Å². The Balaban J connectivity index is 2.10. The van der Waals surface area contributed by atoms with E-state index in [0.717, 1.165) is 5.82 Å². The van der Waals surface area contributed by atoms with Gasteiger partial charge in [-0.3, -0.25) is 0 Å². The largest absolute Gasteiger partial charge is 0.411 e. The van der Waals surface area contributed by atoms with Crippen LogP contribution in [0.1, 0.15) is 25.2 Å². The van der Waals surface area contributed by atoms with Crippen LogP contribution in [0, 0.1) is 0 Å². The molecule has 1 atom stereocenters. The average molecular weight is 266 g/mol. The van der Waals surface area contributed by atoms with Gasteiger partial charge in [-0.25, -0.2) is 0 Å². The third-order valence-electron chi connectivity index (χ3n) is 2.32. The molecule has 0 spiro atoms. The van der Waals surface area contributed by atoms with Crippen molar-refractivity contribution < 1.29 is 17.9 Å². The molecule has 0 aliphatic carbocycles. The Morgan fingerprint density at radius 3 is 2.78 bits per heavy atom. The number of nitrogens with one attached hydrogen (secondary N) is 1. The second-order valence-corrected chi connectivity index (χ2v) is 4.00. The smallest absolute Gasteiger partial charge is 0.372 e. The lowest BCUT2D eigenvalue weighted by Gasteiger charge is -2.13. The van der Waals surface area contributed by atoms with Crippen molar-refractivity contribution in [2.24, 2.45) is 7.05 Å². The molecule has 1 aromatic rings. The second kappa shape index (κ2) is 6.69. The second-order valence-electron chi connectivity index (χ2n) is 4.00. The molecule has 104 valence electrons. The van der Waals surface area contributed by atoms with Gasteiger partial charge in [0.1, 0.15) is 18.8 Å². The van der Waals surface area contributed by atoms with E-state index in [4.69, 9.17) is 0 Å². The van der Waals surface area contributed by atoms with Crippen LogP contribution in [-0.4, -0.2) is 40.7 Å². The number of nitrogens with zero attached hydrogens (tertiary/aromatic N) is 3. The predicted molar refractivity (Wildman–Crippen MR) is 58.9 cm³/mol. The fourth-order valence-electron chi connectivity index (χ4n) is 1.46. The van der Waals surface area contributed by atoms with E-state index in [1.807, 2.05) is 14.0 Å². The molecule has 0 bridgehead atoms. The van der Waals surface area contributed by atoms with Crippen molar-refractivity contribution in [2.75, 3.05) is 19.8 Å². The molecule has 1 unspecified atom stereocenters. The zero-order valence-corrected chi connectivity index (χ0v) is 10.4. The van der Waals surface area contributed by atoms with Crippen LogP contribution in [0.15, 0.2) is 6.33 Å². The number of rotatable bonds is 7. The van der Waals surface area contributed by atoms with Gasteiger partial charge in [0.15, 0.2) is 0 Å². The minimum atomic E-state index is -4.25. The Bertz CT molecular complexity index is 353. The van der Waals surface area contributed by atoms with Gasteiger partial charge in [0, 0.05) is 13.7 Å². The van der Waals surface area contributed by atoms with Gasteiger partial charge in [-0.2, -0.15) is 13.2 Å². The number of aromatic nitrogens is 3. The first-order valence-electron chi connectivity index (χ1n) is 5.62. The molecule has 1 N–H and O–H groups in total. The quantitative estimate of drug-likeness (QED) is 0.759. The number of hydrogen-bond donors (Lipinski definition) is 1. The summed E-state index contributed by atoms with van der Waals surface area (Å²) in [6.45, 7) is 1.37. The topological polar surface area (TPSA) is 52.0 Å². The standard InChI is InChI=1S/C10H17F3N4O/c1-8(9-16-15-7-17(9)2)14-4-3-5-18-6-10(11,12)13/h7-8,14H,3-6H2,1-2H3. The third kappa shape index (κ3) is 5.46. The Kier molecular flexibility index (Phi) is 5.54. The Hall–Kier alpha value is -1.15. The summed E-state index contributed by atoms with van der Waals surface area (Å²) in [5.74, 6) is 0.784. The van der Waals surface area contributed by atoms with E-state index in [9.17, 15) is 13.2 Å². The van der Waals surface area contributed by atoms with Crippen LogP contribution < -0.4 is 5.32 Å². The maximum Gasteiger partial charge on any atom is 0.411 e. The third-order valence-corrected chi connectivity index (χ3v) is 2.32. The van der Waals surface area contributed by atoms with Crippen molar-refractivity contribution in [3.63, 3.8) is 0 Å². The van der Waals surface area contributed by atoms with E-state index in [-0.39, 0.29) is 12.6 Å². The predicted octanol–water partition coefficient (Wildman–Crippen LogP) is 1.43. The molecular weight excluding hydrogens is 249 g/mol. The lowest BCUT2D eigenvalue weighted by Crippen LogP contribution is -2.24. The first-order chi connectivity index (χ1) is 8.40. The summed E-state index contributed by atoms with van der Waals surface area (Å²) in [7, 11) is 1.83. The summed E-state index contributed by atoms with van der Waals surface area (Å²) in [6.07, 6.45) is -2.14. The van der Waals surface area contributed by atoms with Crippen molar-refractivity contribution in [3.05, 3.63) is 12.2 Å². The van der Waals surface area contributed by atoms with Gasteiger partial charge < -0.3 is 14.6 Å². The SMILES string of the molecule is CC(NCCCOCC(F)(F)F)c1nncn1C. The molecule has 5 nitrogen and oxygen atoms in total. The number of alkyl halides is 3. The molecule has 0 radical (unpaired) electrons. The molecule has 18 heavy (non-hydrogen) atoms. The van der Waals surface area contributed by atoms with Crippen LogP contribution in [0.2, 0.25) is 0 Å².